The number of primary amides is 1. The molecule has 0 bridgehead atoms. The Morgan fingerprint density at radius 3 is 2.21 bits per heavy atom. The van der Waals surface area contributed by atoms with E-state index in [4.69, 9.17) is 46.3 Å². The second-order valence-corrected chi connectivity index (χ2v) is 8.41. The molecule has 0 spiro atoms. The first-order valence-corrected chi connectivity index (χ1v) is 10.8. The van der Waals surface area contributed by atoms with Gasteiger partial charge < -0.3 is 11.5 Å². The number of carbonyl (C=O) groups is 2. The monoisotopic (exact) mass is 499 g/mol. The second-order valence-electron chi connectivity index (χ2n) is 7.16. The largest absolute Gasteiger partial charge is 0.382 e. The molecule has 4 aromatic rings. The smallest absolute Gasteiger partial charge is 0.249 e. The van der Waals surface area contributed by atoms with Gasteiger partial charge in [0, 0.05) is 21.7 Å². The molecule has 0 unspecified atom stereocenters. The van der Waals surface area contributed by atoms with Gasteiger partial charge in [-0.05, 0) is 48.0 Å². The van der Waals surface area contributed by atoms with E-state index >= 15 is 0 Å². The van der Waals surface area contributed by atoms with Gasteiger partial charge in [0.25, 0.3) is 0 Å². The predicted octanol–water partition coefficient (Wildman–Crippen LogP) is 4.87. The molecular weight excluding hydrogens is 485 g/mol. The van der Waals surface area contributed by atoms with Crippen molar-refractivity contribution in [3.63, 3.8) is 0 Å². The SMILES string of the molecule is NC(=O)c1ccccc1-c1nnn(Cc2cc(Cl)c(C(=O)c3ccc(Cl)cc3)c(Cl)c2)c1N. The van der Waals surface area contributed by atoms with Crippen molar-refractivity contribution in [3.8, 4) is 11.3 Å². The first-order chi connectivity index (χ1) is 15.8. The van der Waals surface area contributed by atoms with Crippen LogP contribution in [0.15, 0.2) is 60.7 Å². The summed E-state index contributed by atoms with van der Waals surface area (Å²) in [7, 11) is 0. The van der Waals surface area contributed by atoms with Crippen molar-refractivity contribution in [3.05, 3.63) is 98.0 Å². The summed E-state index contributed by atoms with van der Waals surface area (Å²) in [4.78, 5) is 24.6. The van der Waals surface area contributed by atoms with Crippen LogP contribution in [-0.2, 0) is 6.54 Å². The molecule has 1 heterocycles. The van der Waals surface area contributed by atoms with Gasteiger partial charge in [-0.15, -0.1) is 5.10 Å². The molecular formula is C23H16Cl3N5O2. The lowest BCUT2D eigenvalue weighted by atomic mass is 10.0. The Bertz CT molecular complexity index is 1360. The van der Waals surface area contributed by atoms with Gasteiger partial charge in [-0.25, -0.2) is 4.68 Å². The van der Waals surface area contributed by atoms with Gasteiger partial charge in [-0.2, -0.15) is 0 Å². The third kappa shape index (κ3) is 4.57. The third-order valence-corrected chi connectivity index (χ3v) is 5.84. The number of anilines is 1. The standard InChI is InChI=1S/C23H16Cl3N5O2/c24-14-7-5-13(6-8-14)21(32)19-17(25)9-12(10-18(19)26)11-31-22(27)20(29-30-31)15-3-1-2-4-16(15)23(28)33/h1-10H,11,27H2,(H2,28,33). The Morgan fingerprint density at radius 1 is 0.939 bits per heavy atom. The quantitative estimate of drug-likeness (QED) is 0.366. The van der Waals surface area contributed by atoms with Gasteiger partial charge in [0.15, 0.2) is 11.6 Å². The number of halogens is 3. The van der Waals surface area contributed by atoms with Gasteiger partial charge in [0.1, 0.15) is 5.69 Å². The molecule has 1 aromatic heterocycles. The molecule has 3 aromatic carbocycles. The fourth-order valence-corrected chi connectivity index (χ4v) is 4.22. The van der Waals surface area contributed by atoms with Crippen molar-refractivity contribution in [2.24, 2.45) is 5.73 Å². The molecule has 10 heteroatoms. The minimum absolute atomic E-state index is 0.187. The average molecular weight is 501 g/mol. The molecule has 0 atom stereocenters. The Balaban J connectivity index is 1.64. The van der Waals surface area contributed by atoms with E-state index < -0.39 is 5.91 Å². The number of hydrogen-bond acceptors (Lipinski definition) is 5. The van der Waals surface area contributed by atoms with Crippen molar-refractivity contribution in [2.75, 3.05) is 5.73 Å². The number of rotatable bonds is 6. The van der Waals surface area contributed by atoms with Crippen LogP contribution in [0.5, 0.6) is 0 Å². The fraction of sp³-hybridized carbons (Fsp3) is 0.0435. The summed E-state index contributed by atoms with van der Waals surface area (Å²) in [5.41, 5.74) is 14.1. The maximum absolute atomic E-state index is 12.9. The number of ketones is 1. The summed E-state index contributed by atoms with van der Waals surface area (Å²) < 4.78 is 1.44. The number of nitrogen functional groups attached to an aromatic ring is 1. The first kappa shape index (κ1) is 22.8. The van der Waals surface area contributed by atoms with Crippen LogP contribution in [0.3, 0.4) is 0 Å². The number of nitrogens with zero attached hydrogens (tertiary/aromatic N) is 3. The number of nitrogens with two attached hydrogens (primary N) is 2. The number of amides is 1. The van der Waals surface area contributed by atoms with Crippen LogP contribution in [0.4, 0.5) is 5.82 Å². The van der Waals surface area contributed by atoms with Crippen molar-refractivity contribution in [1.82, 2.24) is 15.0 Å². The summed E-state index contributed by atoms with van der Waals surface area (Å²) >= 11 is 18.7. The highest BCUT2D eigenvalue weighted by atomic mass is 35.5. The topological polar surface area (TPSA) is 117 Å². The lowest BCUT2D eigenvalue weighted by Crippen LogP contribution is -2.12. The zero-order valence-electron chi connectivity index (χ0n) is 16.9. The molecule has 0 aliphatic carbocycles. The summed E-state index contributed by atoms with van der Waals surface area (Å²) in [6.45, 7) is 0.187. The normalized spacial score (nSPS) is 10.9. The molecule has 0 aliphatic rings. The number of benzene rings is 3. The van der Waals surface area contributed by atoms with Crippen molar-refractivity contribution < 1.29 is 9.59 Å². The summed E-state index contributed by atoms with van der Waals surface area (Å²) in [6.07, 6.45) is 0. The molecule has 1 amide bonds. The van der Waals surface area contributed by atoms with Gasteiger partial charge in [-0.3, -0.25) is 9.59 Å². The molecule has 0 saturated heterocycles. The average Bonchev–Trinajstić information content (AvgIpc) is 3.13. The van der Waals surface area contributed by atoms with E-state index in [1.165, 1.54) is 4.68 Å². The minimum atomic E-state index is -0.598. The van der Waals surface area contributed by atoms with E-state index in [0.717, 1.165) is 0 Å². The molecule has 33 heavy (non-hydrogen) atoms. The van der Waals surface area contributed by atoms with Crippen molar-refractivity contribution >= 4 is 52.3 Å². The Labute approximate surface area is 203 Å². The third-order valence-electron chi connectivity index (χ3n) is 4.99. The number of hydrogen-bond donors (Lipinski definition) is 2. The maximum Gasteiger partial charge on any atom is 0.249 e. The molecule has 0 fully saturated rings. The summed E-state index contributed by atoms with van der Waals surface area (Å²) in [6, 6.07) is 16.4. The highest BCUT2D eigenvalue weighted by molar-refractivity contribution is 6.41. The van der Waals surface area contributed by atoms with Crippen LogP contribution in [0, 0.1) is 0 Å². The molecule has 4 N–H and O–H groups in total. The first-order valence-electron chi connectivity index (χ1n) is 9.62. The lowest BCUT2D eigenvalue weighted by molar-refractivity contribution is 0.0999. The van der Waals surface area contributed by atoms with E-state index in [1.54, 1.807) is 60.7 Å². The molecule has 4 rings (SSSR count). The molecule has 0 aliphatic heterocycles. The summed E-state index contributed by atoms with van der Waals surface area (Å²) in [5.74, 6) is -0.685. The van der Waals surface area contributed by atoms with E-state index in [1.807, 2.05) is 0 Å². The van der Waals surface area contributed by atoms with Crippen LogP contribution >= 0.6 is 34.8 Å². The fourth-order valence-electron chi connectivity index (χ4n) is 3.39. The molecule has 7 nitrogen and oxygen atoms in total. The van der Waals surface area contributed by atoms with Crippen LogP contribution in [-0.4, -0.2) is 26.7 Å². The zero-order valence-corrected chi connectivity index (χ0v) is 19.2. The molecule has 0 radical (unpaired) electrons. The Hall–Kier alpha value is -3.39. The Morgan fingerprint density at radius 2 is 1.58 bits per heavy atom. The highest BCUT2D eigenvalue weighted by Gasteiger charge is 2.20. The maximum atomic E-state index is 12.9. The highest BCUT2D eigenvalue weighted by Crippen LogP contribution is 2.31. The van der Waals surface area contributed by atoms with Crippen molar-refractivity contribution in [2.45, 2.75) is 6.54 Å². The summed E-state index contributed by atoms with van der Waals surface area (Å²) in [5, 5.41) is 9.09. The van der Waals surface area contributed by atoms with Gasteiger partial charge in [0.2, 0.25) is 5.91 Å². The second kappa shape index (κ2) is 9.23. The number of aromatic nitrogens is 3. The Kier molecular flexibility index (Phi) is 6.37. The van der Waals surface area contributed by atoms with Crippen molar-refractivity contribution in [1.29, 1.82) is 0 Å². The zero-order chi connectivity index (χ0) is 23.7. The van der Waals surface area contributed by atoms with Gasteiger partial charge >= 0.3 is 0 Å². The minimum Gasteiger partial charge on any atom is -0.382 e. The van der Waals surface area contributed by atoms with Gasteiger partial charge in [0.05, 0.1) is 22.2 Å². The van der Waals surface area contributed by atoms with Crippen LogP contribution < -0.4 is 11.5 Å². The van der Waals surface area contributed by atoms with E-state index in [2.05, 4.69) is 10.3 Å². The van der Waals surface area contributed by atoms with E-state index in [-0.39, 0.29) is 39.3 Å². The molecule has 0 saturated carbocycles. The van der Waals surface area contributed by atoms with Crippen LogP contribution in [0.1, 0.15) is 31.8 Å². The van der Waals surface area contributed by atoms with E-state index in [9.17, 15) is 9.59 Å². The van der Waals surface area contributed by atoms with E-state index in [0.29, 0.717) is 27.4 Å². The van der Waals surface area contributed by atoms with Crippen LogP contribution in [0.25, 0.3) is 11.3 Å². The number of carbonyl (C=O) groups excluding carboxylic acids is 2. The molecule has 166 valence electrons. The van der Waals surface area contributed by atoms with Gasteiger partial charge in [-0.1, -0.05) is 58.2 Å². The predicted molar refractivity (Wildman–Crippen MR) is 129 cm³/mol. The van der Waals surface area contributed by atoms with Crippen LogP contribution in [0.2, 0.25) is 15.1 Å². The lowest BCUT2D eigenvalue weighted by Gasteiger charge is -2.11.